The molecule has 0 aliphatic rings. The van der Waals surface area contributed by atoms with Crippen molar-refractivity contribution in [1.82, 2.24) is 5.32 Å². The smallest absolute Gasteiger partial charge is 0.261 e. The number of para-hydroxylation sites is 1. The Morgan fingerprint density at radius 2 is 1.72 bits per heavy atom. The number of benzene rings is 3. The van der Waals surface area contributed by atoms with Crippen LogP contribution in [0.5, 0.6) is 5.75 Å². The number of carbonyl (C=O) groups excluding carboxylic acids is 1. The molecule has 1 unspecified atom stereocenters. The number of carbonyl (C=O) groups is 1. The van der Waals surface area contributed by atoms with Gasteiger partial charge in [0.05, 0.1) is 0 Å². The lowest BCUT2D eigenvalue weighted by molar-refractivity contribution is -0.127. The van der Waals surface area contributed by atoms with Gasteiger partial charge in [-0.25, -0.2) is 0 Å². The van der Waals surface area contributed by atoms with Gasteiger partial charge in [-0.3, -0.25) is 4.79 Å². The molecule has 3 heteroatoms. The fourth-order valence-corrected chi connectivity index (χ4v) is 2.84. The van der Waals surface area contributed by atoms with E-state index in [-0.39, 0.29) is 5.91 Å². The maximum atomic E-state index is 12.3. The Balaban J connectivity index is 1.61. The zero-order valence-corrected chi connectivity index (χ0v) is 14.7. The maximum Gasteiger partial charge on any atom is 0.261 e. The van der Waals surface area contributed by atoms with E-state index in [4.69, 9.17) is 4.74 Å². The molecule has 0 bridgehead atoms. The third kappa shape index (κ3) is 4.18. The van der Waals surface area contributed by atoms with Crippen LogP contribution in [0.1, 0.15) is 25.0 Å². The minimum Gasteiger partial charge on any atom is -0.481 e. The SMILES string of the molecule is CCc1ccccc1OC(C)C(=O)NCc1ccc2ccccc2c1. The number of amides is 1. The topological polar surface area (TPSA) is 38.3 Å². The first kappa shape index (κ1) is 17.0. The summed E-state index contributed by atoms with van der Waals surface area (Å²) in [5.41, 5.74) is 2.19. The van der Waals surface area contributed by atoms with Crippen LogP contribution in [0.3, 0.4) is 0 Å². The first-order chi connectivity index (χ1) is 12.2. The molecule has 25 heavy (non-hydrogen) atoms. The molecule has 0 radical (unpaired) electrons. The van der Waals surface area contributed by atoms with Gasteiger partial charge in [0, 0.05) is 6.54 Å². The summed E-state index contributed by atoms with van der Waals surface area (Å²) in [6.07, 6.45) is 0.342. The molecule has 1 atom stereocenters. The van der Waals surface area contributed by atoms with Gasteiger partial charge in [-0.1, -0.05) is 61.5 Å². The van der Waals surface area contributed by atoms with E-state index in [0.717, 1.165) is 23.3 Å². The van der Waals surface area contributed by atoms with Crippen LogP contribution in [0.4, 0.5) is 0 Å². The van der Waals surface area contributed by atoms with Gasteiger partial charge >= 0.3 is 0 Å². The molecule has 3 rings (SSSR count). The number of aryl methyl sites for hydroxylation is 1. The zero-order valence-electron chi connectivity index (χ0n) is 14.7. The van der Waals surface area contributed by atoms with Crippen LogP contribution < -0.4 is 10.1 Å². The highest BCUT2D eigenvalue weighted by Gasteiger charge is 2.15. The standard InChI is InChI=1S/C22H23NO2/c1-3-18-8-6-7-11-21(18)25-16(2)22(24)23-15-17-12-13-19-9-4-5-10-20(19)14-17/h4-14,16H,3,15H2,1-2H3,(H,23,24). The normalized spacial score (nSPS) is 11.9. The van der Waals surface area contributed by atoms with Crippen molar-refractivity contribution in [2.75, 3.05) is 0 Å². The predicted molar refractivity (Wildman–Crippen MR) is 102 cm³/mol. The zero-order chi connectivity index (χ0) is 17.6. The minimum atomic E-state index is -0.534. The van der Waals surface area contributed by atoms with Gasteiger partial charge < -0.3 is 10.1 Å². The highest BCUT2D eigenvalue weighted by molar-refractivity contribution is 5.83. The number of ether oxygens (including phenoxy) is 1. The highest BCUT2D eigenvalue weighted by Crippen LogP contribution is 2.20. The Morgan fingerprint density at radius 3 is 2.52 bits per heavy atom. The first-order valence-electron chi connectivity index (χ1n) is 8.67. The van der Waals surface area contributed by atoms with E-state index in [1.807, 2.05) is 42.5 Å². The van der Waals surface area contributed by atoms with Crippen molar-refractivity contribution in [2.45, 2.75) is 32.9 Å². The molecular formula is C22H23NO2. The van der Waals surface area contributed by atoms with Gasteiger partial charge in [0.2, 0.25) is 0 Å². The summed E-state index contributed by atoms with van der Waals surface area (Å²) >= 11 is 0. The number of hydrogen-bond acceptors (Lipinski definition) is 2. The second-order valence-corrected chi connectivity index (χ2v) is 6.12. The quantitative estimate of drug-likeness (QED) is 0.722. The Morgan fingerprint density at radius 1 is 1.00 bits per heavy atom. The van der Waals surface area contributed by atoms with Crippen molar-refractivity contribution in [2.24, 2.45) is 0 Å². The molecule has 0 spiro atoms. The van der Waals surface area contributed by atoms with Gasteiger partial charge in [-0.2, -0.15) is 0 Å². The second-order valence-electron chi connectivity index (χ2n) is 6.12. The van der Waals surface area contributed by atoms with Crippen LogP contribution in [-0.2, 0) is 17.8 Å². The van der Waals surface area contributed by atoms with Crippen LogP contribution in [0.15, 0.2) is 66.7 Å². The Bertz CT molecular complexity index is 873. The van der Waals surface area contributed by atoms with E-state index in [2.05, 4.69) is 36.5 Å². The number of rotatable bonds is 6. The van der Waals surface area contributed by atoms with Crippen molar-refractivity contribution in [3.05, 3.63) is 77.9 Å². The van der Waals surface area contributed by atoms with Gasteiger partial charge in [-0.15, -0.1) is 0 Å². The highest BCUT2D eigenvalue weighted by atomic mass is 16.5. The minimum absolute atomic E-state index is 0.112. The Kier molecular flexibility index (Phi) is 5.34. The van der Waals surface area contributed by atoms with Gasteiger partial charge in [0.15, 0.2) is 6.10 Å². The molecular weight excluding hydrogens is 310 g/mol. The van der Waals surface area contributed by atoms with Gasteiger partial charge in [0.25, 0.3) is 5.91 Å². The third-order valence-electron chi connectivity index (χ3n) is 4.31. The first-order valence-corrected chi connectivity index (χ1v) is 8.67. The van der Waals surface area contributed by atoms with E-state index in [0.29, 0.717) is 6.54 Å². The fraction of sp³-hybridized carbons (Fsp3) is 0.227. The molecule has 3 aromatic rings. The Labute approximate surface area is 148 Å². The van der Waals surface area contributed by atoms with E-state index >= 15 is 0 Å². The lowest BCUT2D eigenvalue weighted by atomic mass is 10.1. The van der Waals surface area contributed by atoms with Crippen LogP contribution in [0, 0.1) is 0 Å². The van der Waals surface area contributed by atoms with Crippen molar-refractivity contribution < 1.29 is 9.53 Å². The molecule has 1 N–H and O–H groups in total. The molecule has 0 aromatic heterocycles. The lowest BCUT2D eigenvalue weighted by Crippen LogP contribution is -2.36. The number of hydrogen-bond donors (Lipinski definition) is 1. The fourth-order valence-electron chi connectivity index (χ4n) is 2.84. The van der Waals surface area contributed by atoms with Gasteiger partial charge in [-0.05, 0) is 47.4 Å². The average Bonchev–Trinajstić information content (AvgIpc) is 2.66. The average molecular weight is 333 g/mol. The van der Waals surface area contributed by atoms with E-state index in [1.165, 1.54) is 10.8 Å². The molecule has 1 amide bonds. The van der Waals surface area contributed by atoms with Crippen LogP contribution in [0.2, 0.25) is 0 Å². The monoisotopic (exact) mass is 333 g/mol. The third-order valence-corrected chi connectivity index (χ3v) is 4.31. The molecule has 0 saturated heterocycles. The molecule has 3 aromatic carbocycles. The maximum absolute atomic E-state index is 12.3. The summed E-state index contributed by atoms with van der Waals surface area (Å²) in [6, 6.07) is 22.3. The van der Waals surface area contributed by atoms with Gasteiger partial charge in [0.1, 0.15) is 5.75 Å². The summed E-state index contributed by atoms with van der Waals surface area (Å²) in [5, 5.41) is 5.33. The van der Waals surface area contributed by atoms with E-state index < -0.39 is 6.10 Å². The molecule has 0 heterocycles. The lowest BCUT2D eigenvalue weighted by Gasteiger charge is -2.17. The summed E-state index contributed by atoms with van der Waals surface area (Å²) in [6.45, 7) is 4.35. The van der Waals surface area contributed by atoms with Crippen molar-refractivity contribution >= 4 is 16.7 Å². The van der Waals surface area contributed by atoms with Crippen LogP contribution in [-0.4, -0.2) is 12.0 Å². The van der Waals surface area contributed by atoms with Crippen LogP contribution >= 0.6 is 0 Å². The molecule has 0 aliphatic carbocycles. The molecule has 0 aliphatic heterocycles. The molecule has 0 saturated carbocycles. The molecule has 128 valence electrons. The predicted octanol–water partition coefficient (Wildman–Crippen LogP) is 4.49. The summed E-state index contributed by atoms with van der Waals surface area (Å²) in [7, 11) is 0. The van der Waals surface area contributed by atoms with Crippen LogP contribution in [0.25, 0.3) is 10.8 Å². The summed E-state index contributed by atoms with van der Waals surface area (Å²) < 4.78 is 5.84. The van der Waals surface area contributed by atoms with Crippen molar-refractivity contribution in [3.8, 4) is 5.75 Å². The number of nitrogens with one attached hydrogen (secondary N) is 1. The molecule has 0 fully saturated rings. The summed E-state index contributed by atoms with van der Waals surface area (Å²) in [5.74, 6) is 0.664. The number of fused-ring (bicyclic) bond motifs is 1. The Hall–Kier alpha value is -2.81. The molecule has 3 nitrogen and oxygen atoms in total. The van der Waals surface area contributed by atoms with E-state index in [1.54, 1.807) is 6.92 Å². The second kappa shape index (κ2) is 7.84. The van der Waals surface area contributed by atoms with Crippen molar-refractivity contribution in [3.63, 3.8) is 0 Å². The largest absolute Gasteiger partial charge is 0.481 e. The van der Waals surface area contributed by atoms with Crippen molar-refractivity contribution in [1.29, 1.82) is 0 Å². The van der Waals surface area contributed by atoms with E-state index in [9.17, 15) is 4.79 Å². The summed E-state index contributed by atoms with van der Waals surface area (Å²) in [4.78, 5) is 12.3.